The van der Waals surface area contributed by atoms with E-state index in [1.807, 2.05) is 0 Å². The Balaban J connectivity index is 3.32. The quantitative estimate of drug-likeness (QED) is 0.594. The highest BCUT2D eigenvalue weighted by molar-refractivity contribution is 5.49. The first-order chi connectivity index (χ1) is 5.96. The van der Waals surface area contributed by atoms with Gasteiger partial charge in [-0.1, -0.05) is 24.8 Å². The second-order valence-corrected chi connectivity index (χ2v) is 2.41. The van der Waals surface area contributed by atoms with E-state index in [1.165, 1.54) is 6.07 Å². The van der Waals surface area contributed by atoms with Gasteiger partial charge in [-0.25, -0.2) is 4.39 Å². The summed E-state index contributed by atoms with van der Waals surface area (Å²) in [5.41, 5.74) is -1.40. The number of halogens is 4. The Morgan fingerprint density at radius 1 is 1.23 bits per heavy atom. The van der Waals surface area contributed by atoms with Crippen LogP contribution in [0.4, 0.5) is 17.6 Å². The highest BCUT2D eigenvalue weighted by Gasteiger charge is 2.34. The molecule has 0 aliphatic heterocycles. The van der Waals surface area contributed by atoms with Crippen LogP contribution < -0.4 is 0 Å². The van der Waals surface area contributed by atoms with E-state index in [0.717, 1.165) is 12.1 Å². The van der Waals surface area contributed by atoms with Crippen LogP contribution in [0.25, 0.3) is 6.08 Å². The van der Waals surface area contributed by atoms with E-state index in [9.17, 15) is 17.6 Å². The van der Waals surface area contributed by atoms with Crippen LogP contribution in [0, 0.1) is 5.82 Å². The van der Waals surface area contributed by atoms with Crippen molar-refractivity contribution in [1.29, 1.82) is 0 Å². The first kappa shape index (κ1) is 9.77. The van der Waals surface area contributed by atoms with Gasteiger partial charge in [-0.2, -0.15) is 13.2 Å². The van der Waals surface area contributed by atoms with Gasteiger partial charge in [-0.15, -0.1) is 0 Å². The standard InChI is InChI=1S/C9H6F4/c1-2-6-4-3-5-7(8(6)10)9(11,12)13/h2-5H,1H2. The fourth-order valence-electron chi connectivity index (χ4n) is 0.926. The third-order valence-corrected chi connectivity index (χ3v) is 1.55. The van der Waals surface area contributed by atoms with Crippen molar-refractivity contribution in [2.24, 2.45) is 0 Å². The summed E-state index contributed by atoms with van der Waals surface area (Å²) in [6, 6.07) is 3.07. The minimum atomic E-state index is -4.65. The highest BCUT2D eigenvalue weighted by atomic mass is 19.4. The van der Waals surface area contributed by atoms with Gasteiger partial charge in [-0.05, 0) is 6.07 Å². The van der Waals surface area contributed by atoms with Crippen LogP contribution in [0.1, 0.15) is 11.1 Å². The molecule has 0 atom stereocenters. The molecule has 1 rings (SSSR count). The average Bonchev–Trinajstić information content (AvgIpc) is 2.02. The predicted molar refractivity (Wildman–Crippen MR) is 41.5 cm³/mol. The van der Waals surface area contributed by atoms with E-state index in [2.05, 4.69) is 6.58 Å². The molecule has 70 valence electrons. The predicted octanol–water partition coefficient (Wildman–Crippen LogP) is 3.49. The molecule has 0 fully saturated rings. The molecule has 0 amide bonds. The van der Waals surface area contributed by atoms with Crippen LogP contribution in [0.3, 0.4) is 0 Å². The van der Waals surface area contributed by atoms with E-state index < -0.39 is 17.6 Å². The maximum absolute atomic E-state index is 13.0. The van der Waals surface area contributed by atoms with Gasteiger partial charge >= 0.3 is 6.18 Å². The lowest BCUT2D eigenvalue weighted by molar-refractivity contribution is -0.140. The molecule has 0 N–H and O–H groups in total. The summed E-state index contributed by atoms with van der Waals surface area (Å²) in [6.45, 7) is 3.21. The molecule has 0 saturated heterocycles. The molecule has 0 saturated carbocycles. The van der Waals surface area contributed by atoms with Crippen molar-refractivity contribution < 1.29 is 17.6 Å². The van der Waals surface area contributed by atoms with E-state index >= 15 is 0 Å². The molecule has 0 bridgehead atoms. The minimum absolute atomic E-state index is 0.144. The molecule has 0 heterocycles. The lowest BCUT2D eigenvalue weighted by Gasteiger charge is -2.08. The largest absolute Gasteiger partial charge is 0.419 e. The first-order valence-electron chi connectivity index (χ1n) is 3.45. The average molecular weight is 190 g/mol. The third kappa shape index (κ3) is 1.88. The van der Waals surface area contributed by atoms with Crippen molar-refractivity contribution in [2.45, 2.75) is 6.18 Å². The molecule has 0 radical (unpaired) electrons. The molecule has 0 spiro atoms. The maximum atomic E-state index is 13.0. The Bertz CT molecular complexity index is 325. The summed E-state index contributed by atoms with van der Waals surface area (Å²) in [5, 5.41) is 0. The minimum Gasteiger partial charge on any atom is -0.206 e. The number of rotatable bonds is 1. The lowest BCUT2D eigenvalue weighted by Crippen LogP contribution is -2.08. The van der Waals surface area contributed by atoms with Crippen molar-refractivity contribution in [2.75, 3.05) is 0 Å². The molecule has 4 heteroatoms. The molecule has 0 aromatic heterocycles. The van der Waals surface area contributed by atoms with Gasteiger partial charge in [-0.3, -0.25) is 0 Å². The number of hydrogen-bond donors (Lipinski definition) is 0. The summed E-state index contributed by atoms with van der Waals surface area (Å²) in [7, 11) is 0. The van der Waals surface area contributed by atoms with Crippen LogP contribution in [-0.2, 0) is 6.18 Å². The fraction of sp³-hybridized carbons (Fsp3) is 0.111. The topological polar surface area (TPSA) is 0 Å². The summed E-state index contributed by atoms with van der Waals surface area (Å²) in [6.07, 6.45) is -3.60. The molecule has 1 aromatic rings. The van der Waals surface area contributed by atoms with Gasteiger partial charge in [0.25, 0.3) is 0 Å². The monoisotopic (exact) mass is 190 g/mol. The molecule has 13 heavy (non-hydrogen) atoms. The molecule has 0 nitrogen and oxygen atoms in total. The number of alkyl halides is 3. The van der Waals surface area contributed by atoms with Crippen molar-refractivity contribution in [3.05, 3.63) is 41.7 Å². The van der Waals surface area contributed by atoms with Crippen LogP contribution in [0.2, 0.25) is 0 Å². The second-order valence-electron chi connectivity index (χ2n) is 2.41. The van der Waals surface area contributed by atoms with Gasteiger partial charge in [0.15, 0.2) is 0 Å². The third-order valence-electron chi connectivity index (χ3n) is 1.55. The van der Waals surface area contributed by atoms with Gasteiger partial charge in [0.2, 0.25) is 0 Å². The zero-order valence-corrected chi connectivity index (χ0v) is 6.53. The Hall–Kier alpha value is -1.32. The maximum Gasteiger partial charge on any atom is 0.419 e. The van der Waals surface area contributed by atoms with Crippen molar-refractivity contribution in [3.8, 4) is 0 Å². The molecule has 1 aromatic carbocycles. The smallest absolute Gasteiger partial charge is 0.206 e. The number of hydrogen-bond acceptors (Lipinski definition) is 0. The zero-order valence-electron chi connectivity index (χ0n) is 6.53. The SMILES string of the molecule is C=Cc1cccc(C(F)(F)F)c1F. The van der Waals surface area contributed by atoms with E-state index in [-0.39, 0.29) is 5.56 Å². The van der Waals surface area contributed by atoms with Crippen molar-refractivity contribution >= 4 is 6.08 Å². The second kappa shape index (κ2) is 3.20. The van der Waals surface area contributed by atoms with E-state index in [1.54, 1.807) is 0 Å². The van der Waals surface area contributed by atoms with E-state index in [4.69, 9.17) is 0 Å². The summed E-state index contributed by atoms with van der Waals surface area (Å²) < 4.78 is 49.2. The summed E-state index contributed by atoms with van der Waals surface area (Å²) in [5.74, 6) is -1.27. The van der Waals surface area contributed by atoms with Crippen molar-refractivity contribution in [3.63, 3.8) is 0 Å². The van der Waals surface area contributed by atoms with Crippen LogP contribution in [0.5, 0.6) is 0 Å². The fourth-order valence-corrected chi connectivity index (χ4v) is 0.926. The zero-order chi connectivity index (χ0) is 10.1. The molecular weight excluding hydrogens is 184 g/mol. The van der Waals surface area contributed by atoms with Gasteiger partial charge in [0.05, 0.1) is 5.56 Å². The Labute approximate surface area is 72.5 Å². The van der Waals surface area contributed by atoms with Crippen LogP contribution in [-0.4, -0.2) is 0 Å². The van der Waals surface area contributed by atoms with Crippen LogP contribution in [0.15, 0.2) is 24.8 Å². The Morgan fingerprint density at radius 2 is 1.85 bits per heavy atom. The summed E-state index contributed by atoms with van der Waals surface area (Å²) >= 11 is 0. The molecule has 0 aliphatic rings. The first-order valence-corrected chi connectivity index (χ1v) is 3.45. The Morgan fingerprint density at radius 3 is 2.31 bits per heavy atom. The van der Waals surface area contributed by atoms with Crippen molar-refractivity contribution in [1.82, 2.24) is 0 Å². The van der Waals surface area contributed by atoms with E-state index in [0.29, 0.717) is 6.07 Å². The van der Waals surface area contributed by atoms with Gasteiger partial charge < -0.3 is 0 Å². The lowest BCUT2D eigenvalue weighted by atomic mass is 10.1. The Kier molecular flexibility index (Phi) is 2.40. The molecular formula is C9H6F4. The van der Waals surface area contributed by atoms with Gasteiger partial charge in [0, 0.05) is 5.56 Å². The highest BCUT2D eigenvalue weighted by Crippen LogP contribution is 2.32. The number of benzene rings is 1. The summed E-state index contributed by atoms with van der Waals surface area (Å²) in [4.78, 5) is 0. The normalized spacial score (nSPS) is 11.4. The van der Waals surface area contributed by atoms with Gasteiger partial charge in [0.1, 0.15) is 5.82 Å². The molecule has 0 unspecified atom stereocenters. The van der Waals surface area contributed by atoms with Crippen LogP contribution >= 0.6 is 0 Å². The molecule has 0 aliphatic carbocycles.